The fourth-order valence-electron chi connectivity index (χ4n) is 3.37. The lowest BCUT2D eigenvalue weighted by atomic mass is 10.0. The molecule has 2 aromatic heterocycles. The van der Waals surface area contributed by atoms with Gasteiger partial charge in [-0.2, -0.15) is 15.1 Å². The van der Waals surface area contributed by atoms with Gasteiger partial charge in [0, 0.05) is 6.42 Å². The Balaban J connectivity index is 1.22. The Labute approximate surface area is 198 Å². The van der Waals surface area contributed by atoms with Crippen LogP contribution in [-0.2, 0) is 17.0 Å². The number of amidine groups is 2. The highest BCUT2D eigenvalue weighted by Crippen LogP contribution is 2.31. The first-order valence-electron chi connectivity index (χ1n) is 10.3. The number of hydrogen-bond acceptors (Lipinski definition) is 8. The summed E-state index contributed by atoms with van der Waals surface area (Å²) >= 11 is 2.76. The minimum atomic E-state index is -0.746. The lowest BCUT2D eigenvalue weighted by molar-refractivity contribution is -0.120. The summed E-state index contributed by atoms with van der Waals surface area (Å²) in [6.45, 7) is 2.21. The molecule has 33 heavy (non-hydrogen) atoms. The maximum atomic E-state index is 12.7. The Bertz CT molecular complexity index is 1250. The fourth-order valence-corrected chi connectivity index (χ4v) is 4.96. The second-order valence-electron chi connectivity index (χ2n) is 7.43. The van der Waals surface area contributed by atoms with Crippen molar-refractivity contribution in [3.8, 4) is 5.75 Å². The van der Waals surface area contributed by atoms with Gasteiger partial charge in [0.2, 0.25) is 0 Å². The van der Waals surface area contributed by atoms with Gasteiger partial charge in [0.1, 0.15) is 40.7 Å². The minimum absolute atomic E-state index is 0.0876. The van der Waals surface area contributed by atoms with Gasteiger partial charge in [-0.15, -0.1) is 0 Å². The number of aryl methyl sites for hydroxylation is 1. The van der Waals surface area contributed by atoms with E-state index in [1.54, 1.807) is 6.26 Å². The number of furan rings is 2. The number of hydrazone groups is 1. The molecular weight excluding hydrogens is 460 g/mol. The molecule has 0 saturated heterocycles. The number of fused-ring (bicyclic) bond motifs is 1. The Morgan fingerprint density at radius 2 is 2.06 bits per heavy atom. The van der Waals surface area contributed by atoms with E-state index in [-0.39, 0.29) is 24.8 Å². The average Bonchev–Trinajstić information content (AvgIpc) is 3.56. The van der Waals surface area contributed by atoms with Crippen LogP contribution in [-0.4, -0.2) is 33.6 Å². The van der Waals surface area contributed by atoms with Gasteiger partial charge in [-0.05, 0) is 54.6 Å². The summed E-state index contributed by atoms with van der Waals surface area (Å²) < 4.78 is 17.0. The molecule has 1 amide bonds. The van der Waals surface area contributed by atoms with Crippen LogP contribution in [0.15, 0.2) is 78.8 Å². The number of carbonyl (C=O) groups excluding carboxylic acids is 1. The Morgan fingerprint density at radius 3 is 2.88 bits per heavy atom. The van der Waals surface area contributed by atoms with E-state index in [0.717, 1.165) is 22.2 Å². The fraction of sp³-hybridized carbons (Fsp3) is 0.217. The molecule has 4 heterocycles. The normalized spacial score (nSPS) is 17.7. The molecule has 0 saturated carbocycles. The number of rotatable bonds is 8. The average molecular weight is 481 g/mol. The number of nitrogens with one attached hydrogen (secondary N) is 1. The Kier molecular flexibility index (Phi) is 6.10. The van der Waals surface area contributed by atoms with Crippen molar-refractivity contribution in [2.45, 2.75) is 24.2 Å². The highest BCUT2D eigenvalue weighted by atomic mass is 32.2. The van der Waals surface area contributed by atoms with Gasteiger partial charge in [0.05, 0.1) is 12.0 Å². The third-order valence-electron chi connectivity index (χ3n) is 5.09. The van der Waals surface area contributed by atoms with Crippen LogP contribution in [0.2, 0.25) is 0 Å². The van der Waals surface area contributed by atoms with E-state index in [2.05, 4.69) is 10.1 Å². The third-order valence-corrected chi connectivity index (χ3v) is 6.90. The summed E-state index contributed by atoms with van der Waals surface area (Å²) in [5, 5.41) is 16.2. The zero-order chi connectivity index (χ0) is 22.8. The number of benzene rings is 1. The van der Waals surface area contributed by atoms with Gasteiger partial charge in [-0.3, -0.25) is 10.2 Å². The Hall–Kier alpha value is -3.24. The molecular formula is C23H20N4O4S2. The number of aliphatic imine (C=N–C) groups is 1. The summed E-state index contributed by atoms with van der Waals surface area (Å²) in [6, 6.07) is 15.2. The molecule has 1 aromatic carbocycles. The second kappa shape index (κ2) is 9.32. The summed E-state index contributed by atoms with van der Waals surface area (Å²) in [7, 11) is 0. The van der Waals surface area contributed by atoms with Gasteiger partial charge >= 0.3 is 0 Å². The summed E-state index contributed by atoms with van der Waals surface area (Å²) in [4.78, 5) is 16.8. The molecule has 5 rings (SSSR count). The zero-order valence-electron chi connectivity index (χ0n) is 17.7. The van der Waals surface area contributed by atoms with Crippen LogP contribution < -0.4 is 4.74 Å². The molecule has 2 aliphatic heterocycles. The Morgan fingerprint density at radius 1 is 1.18 bits per heavy atom. The number of para-hydroxylation sites is 1. The molecule has 1 unspecified atom stereocenters. The molecule has 10 heteroatoms. The van der Waals surface area contributed by atoms with Crippen molar-refractivity contribution in [1.29, 1.82) is 5.41 Å². The number of hydrogen-bond donors (Lipinski definition) is 1. The minimum Gasteiger partial charge on any atom is -0.486 e. The highest BCUT2D eigenvalue weighted by Gasteiger charge is 2.39. The standard InChI is InChI=1S/C23H20N4O4S2/c1-14-5-2-3-7-18(14)30-12-19-26-27-21(24)17(22(28)25-23(27)33-19)11-15-8-9-20(31-15)32-13-16-6-4-10-29-16/h2-10,17,24H,11-13H2,1H3. The van der Waals surface area contributed by atoms with Gasteiger partial charge in [-0.1, -0.05) is 30.0 Å². The van der Waals surface area contributed by atoms with Crippen LogP contribution in [0.3, 0.4) is 0 Å². The molecule has 1 atom stereocenters. The van der Waals surface area contributed by atoms with Crippen molar-refractivity contribution in [1.82, 2.24) is 5.01 Å². The van der Waals surface area contributed by atoms with E-state index in [1.165, 1.54) is 28.5 Å². The van der Waals surface area contributed by atoms with E-state index in [1.807, 2.05) is 55.5 Å². The van der Waals surface area contributed by atoms with E-state index < -0.39 is 5.92 Å². The first-order valence-corrected chi connectivity index (χ1v) is 12.1. The molecule has 0 spiro atoms. The molecule has 168 valence electrons. The van der Waals surface area contributed by atoms with Crippen molar-refractivity contribution >= 4 is 45.5 Å². The summed E-state index contributed by atoms with van der Waals surface area (Å²) in [6.07, 6.45) is 1.89. The van der Waals surface area contributed by atoms with Crippen LogP contribution in [0.4, 0.5) is 0 Å². The first kappa shape index (κ1) is 21.6. The van der Waals surface area contributed by atoms with Crippen molar-refractivity contribution in [2.24, 2.45) is 16.0 Å². The molecule has 0 radical (unpaired) electrons. The largest absolute Gasteiger partial charge is 0.486 e. The summed E-state index contributed by atoms with van der Waals surface area (Å²) in [5.41, 5.74) is 1.03. The van der Waals surface area contributed by atoms with E-state index in [4.69, 9.17) is 19.0 Å². The smallest absolute Gasteiger partial charge is 0.259 e. The zero-order valence-corrected chi connectivity index (χ0v) is 19.3. The lowest BCUT2D eigenvalue weighted by Gasteiger charge is -2.24. The van der Waals surface area contributed by atoms with E-state index in [0.29, 0.717) is 21.7 Å². The maximum absolute atomic E-state index is 12.7. The number of ether oxygens (including phenoxy) is 1. The predicted octanol–water partition coefficient (Wildman–Crippen LogP) is 4.95. The van der Waals surface area contributed by atoms with Crippen molar-refractivity contribution in [3.63, 3.8) is 0 Å². The van der Waals surface area contributed by atoms with Gasteiger partial charge in [0.15, 0.2) is 10.3 Å². The molecule has 0 fully saturated rings. The predicted molar refractivity (Wildman–Crippen MR) is 128 cm³/mol. The number of thioether (sulfide) groups is 2. The molecule has 3 aromatic rings. The monoisotopic (exact) mass is 480 g/mol. The SMILES string of the molecule is Cc1ccccc1OCC1=NN2C(=N)C(Cc3ccc(SCc4ccco4)o3)C(=O)N=C2S1. The number of amides is 1. The maximum Gasteiger partial charge on any atom is 0.259 e. The van der Waals surface area contributed by atoms with Crippen LogP contribution in [0, 0.1) is 18.3 Å². The molecule has 0 bridgehead atoms. The van der Waals surface area contributed by atoms with Crippen LogP contribution in [0.1, 0.15) is 17.1 Å². The van der Waals surface area contributed by atoms with E-state index >= 15 is 0 Å². The molecule has 8 nitrogen and oxygen atoms in total. The van der Waals surface area contributed by atoms with Crippen LogP contribution in [0.5, 0.6) is 5.75 Å². The number of carbonyl (C=O) groups is 1. The first-order chi connectivity index (χ1) is 16.1. The van der Waals surface area contributed by atoms with Crippen LogP contribution in [0.25, 0.3) is 0 Å². The molecule has 0 aliphatic carbocycles. The van der Waals surface area contributed by atoms with Crippen molar-refractivity contribution in [3.05, 3.63) is 71.9 Å². The second-order valence-corrected chi connectivity index (χ2v) is 9.45. The van der Waals surface area contributed by atoms with Crippen LogP contribution >= 0.6 is 23.5 Å². The van der Waals surface area contributed by atoms with E-state index in [9.17, 15) is 4.79 Å². The molecule has 1 N–H and O–H groups in total. The topological polar surface area (TPSA) is 104 Å². The lowest BCUT2D eigenvalue weighted by Crippen LogP contribution is -2.42. The molecule has 2 aliphatic rings. The number of nitrogens with zero attached hydrogens (tertiary/aromatic N) is 3. The van der Waals surface area contributed by atoms with Gasteiger partial charge in [0.25, 0.3) is 5.91 Å². The highest BCUT2D eigenvalue weighted by molar-refractivity contribution is 8.27. The van der Waals surface area contributed by atoms with Gasteiger partial charge < -0.3 is 13.6 Å². The quantitative estimate of drug-likeness (QED) is 0.455. The summed E-state index contributed by atoms with van der Waals surface area (Å²) in [5.74, 6) is 1.88. The third kappa shape index (κ3) is 4.76. The van der Waals surface area contributed by atoms with Gasteiger partial charge in [-0.25, -0.2) is 0 Å². The van der Waals surface area contributed by atoms with Crippen molar-refractivity contribution in [2.75, 3.05) is 6.61 Å². The van der Waals surface area contributed by atoms with Crippen molar-refractivity contribution < 1.29 is 18.4 Å².